The lowest BCUT2D eigenvalue weighted by molar-refractivity contribution is -0.129. The van der Waals surface area contributed by atoms with Gasteiger partial charge < -0.3 is 10.2 Å². The van der Waals surface area contributed by atoms with E-state index in [-0.39, 0.29) is 17.9 Å². The zero-order chi connectivity index (χ0) is 18.4. The molecule has 0 spiro atoms. The highest BCUT2D eigenvalue weighted by atomic mass is 16.2. The Morgan fingerprint density at radius 3 is 2.69 bits per heavy atom. The monoisotopic (exact) mass is 352 g/mol. The maximum absolute atomic E-state index is 12.5. The summed E-state index contributed by atoms with van der Waals surface area (Å²) < 4.78 is 0. The first kappa shape index (κ1) is 18.1. The van der Waals surface area contributed by atoms with Crippen LogP contribution in [0.4, 0.5) is 0 Å². The average Bonchev–Trinajstić information content (AvgIpc) is 3.33. The maximum Gasteiger partial charge on any atom is 0.222 e. The smallest absolute Gasteiger partial charge is 0.222 e. The SMILES string of the molecule is C#CCCC1(CCC(=O)NC(CN2CCCC2=O)c2ccccc2)N=N1. The number of terminal acetylenes is 1. The van der Waals surface area contributed by atoms with Crippen molar-refractivity contribution in [3.05, 3.63) is 35.9 Å². The lowest BCUT2D eigenvalue weighted by Crippen LogP contribution is -2.38. The van der Waals surface area contributed by atoms with E-state index in [0.29, 0.717) is 38.6 Å². The van der Waals surface area contributed by atoms with Crippen molar-refractivity contribution in [3.8, 4) is 12.3 Å². The molecule has 2 aliphatic heterocycles. The number of nitrogens with zero attached hydrogens (tertiary/aromatic N) is 3. The summed E-state index contributed by atoms with van der Waals surface area (Å²) in [7, 11) is 0. The predicted octanol–water partition coefficient (Wildman–Crippen LogP) is 2.82. The van der Waals surface area contributed by atoms with Crippen LogP contribution in [-0.2, 0) is 9.59 Å². The second-order valence-corrected chi connectivity index (χ2v) is 6.86. The van der Waals surface area contributed by atoms with Gasteiger partial charge in [0.25, 0.3) is 0 Å². The Kier molecular flexibility index (Phi) is 5.67. The van der Waals surface area contributed by atoms with Crippen molar-refractivity contribution >= 4 is 11.8 Å². The van der Waals surface area contributed by atoms with Gasteiger partial charge >= 0.3 is 0 Å². The van der Waals surface area contributed by atoms with Crippen LogP contribution in [0.3, 0.4) is 0 Å². The Bertz CT molecular complexity index is 717. The number of amides is 2. The molecule has 6 heteroatoms. The van der Waals surface area contributed by atoms with Gasteiger partial charge in [0.05, 0.1) is 6.04 Å². The zero-order valence-corrected chi connectivity index (χ0v) is 14.9. The second-order valence-electron chi connectivity index (χ2n) is 6.86. The van der Waals surface area contributed by atoms with E-state index < -0.39 is 5.66 Å². The first-order valence-corrected chi connectivity index (χ1v) is 9.11. The van der Waals surface area contributed by atoms with Crippen LogP contribution in [0.1, 0.15) is 50.1 Å². The normalized spacial score (nSPS) is 18.4. The lowest BCUT2D eigenvalue weighted by Gasteiger charge is -2.25. The topological polar surface area (TPSA) is 74.1 Å². The fraction of sp³-hybridized carbons (Fsp3) is 0.500. The maximum atomic E-state index is 12.5. The lowest BCUT2D eigenvalue weighted by atomic mass is 10.0. The van der Waals surface area contributed by atoms with Gasteiger partial charge in [-0.3, -0.25) is 9.59 Å². The summed E-state index contributed by atoms with van der Waals surface area (Å²) in [5.74, 6) is 2.70. The van der Waals surface area contributed by atoms with Crippen LogP contribution in [-0.4, -0.2) is 35.5 Å². The summed E-state index contributed by atoms with van der Waals surface area (Å²) in [5.41, 5.74) is 0.556. The van der Waals surface area contributed by atoms with Gasteiger partial charge in [0, 0.05) is 45.2 Å². The summed E-state index contributed by atoms with van der Waals surface area (Å²) in [6.07, 6.45) is 8.99. The van der Waals surface area contributed by atoms with E-state index in [1.54, 1.807) is 0 Å². The molecule has 6 nitrogen and oxygen atoms in total. The van der Waals surface area contributed by atoms with Crippen LogP contribution in [0, 0.1) is 12.3 Å². The molecular formula is C20H24N4O2. The molecule has 0 radical (unpaired) electrons. The number of nitrogens with one attached hydrogen (secondary N) is 1. The van der Waals surface area contributed by atoms with E-state index in [1.807, 2.05) is 35.2 Å². The minimum Gasteiger partial charge on any atom is -0.347 e. The van der Waals surface area contributed by atoms with Gasteiger partial charge in [-0.05, 0) is 12.0 Å². The zero-order valence-electron chi connectivity index (χ0n) is 14.9. The van der Waals surface area contributed by atoms with Crippen molar-refractivity contribution in [2.45, 2.75) is 50.2 Å². The molecule has 2 aliphatic rings. The average molecular weight is 352 g/mol. The molecular weight excluding hydrogens is 328 g/mol. The van der Waals surface area contributed by atoms with Crippen LogP contribution in [0.5, 0.6) is 0 Å². The van der Waals surface area contributed by atoms with Crippen molar-refractivity contribution in [2.24, 2.45) is 10.2 Å². The molecule has 0 aliphatic carbocycles. The van der Waals surface area contributed by atoms with Crippen LogP contribution >= 0.6 is 0 Å². The minimum absolute atomic E-state index is 0.0529. The van der Waals surface area contributed by atoms with E-state index in [9.17, 15) is 9.59 Å². The molecule has 1 N–H and O–H groups in total. The van der Waals surface area contributed by atoms with Crippen LogP contribution in [0.2, 0.25) is 0 Å². The van der Waals surface area contributed by atoms with Crippen LogP contribution in [0.15, 0.2) is 40.6 Å². The molecule has 0 saturated carbocycles. The third kappa shape index (κ3) is 4.69. The number of carbonyl (C=O) groups excluding carboxylic acids is 2. The summed E-state index contributed by atoms with van der Waals surface area (Å²) in [4.78, 5) is 26.3. The van der Waals surface area contributed by atoms with E-state index in [4.69, 9.17) is 6.42 Å². The quantitative estimate of drug-likeness (QED) is 0.694. The number of benzene rings is 1. The molecule has 1 saturated heterocycles. The second kappa shape index (κ2) is 8.13. The summed E-state index contributed by atoms with van der Waals surface area (Å²) in [6.45, 7) is 1.26. The molecule has 0 bridgehead atoms. The van der Waals surface area contributed by atoms with Crippen molar-refractivity contribution < 1.29 is 9.59 Å². The Balaban J connectivity index is 1.57. The van der Waals surface area contributed by atoms with Crippen molar-refractivity contribution in [1.29, 1.82) is 0 Å². The Labute approximate surface area is 154 Å². The molecule has 136 valence electrons. The minimum atomic E-state index is -0.448. The number of hydrogen-bond donors (Lipinski definition) is 1. The molecule has 2 heterocycles. The first-order chi connectivity index (χ1) is 12.6. The first-order valence-electron chi connectivity index (χ1n) is 9.11. The molecule has 1 fully saturated rings. The third-order valence-electron chi connectivity index (χ3n) is 4.92. The van der Waals surface area contributed by atoms with Gasteiger partial charge in [0.15, 0.2) is 5.66 Å². The van der Waals surface area contributed by atoms with Gasteiger partial charge in [0.1, 0.15) is 0 Å². The van der Waals surface area contributed by atoms with Gasteiger partial charge in [-0.15, -0.1) is 12.3 Å². The summed E-state index contributed by atoms with van der Waals surface area (Å²) in [5, 5.41) is 11.2. The largest absolute Gasteiger partial charge is 0.347 e. The summed E-state index contributed by atoms with van der Waals surface area (Å²) in [6, 6.07) is 9.57. The molecule has 26 heavy (non-hydrogen) atoms. The van der Waals surface area contributed by atoms with Gasteiger partial charge in [0.2, 0.25) is 11.8 Å². The number of rotatable bonds is 9. The highest BCUT2D eigenvalue weighted by molar-refractivity contribution is 5.79. The Morgan fingerprint density at radius 2 is 2.08 bits per heavy atom. The van der Waals surface area contributed by atoms with Gasteiger partial charge in [-0.2, -0.15) is 10.2 Å². The molecule has 1 aromatic carbocycles. The van der Waals surface area contributed by atoms with Crippen molar-refractivity contribution in [3.63, 3.8) is 0 Å². The fourth-order valence-corrected chi connectivity index (χ4v) is 3.29. The van der Waals surface area contributed by atoms with E-state index >= 15 is 0 Å². The Hall–Kier alpha value is -2.68. The molecule has 1 aromatic rings. The van der Waals surface area contributed by atoms with Gasteiger partial charge in [-0.1, -0.05) is 30.3 Å². The van der Waals surface area contributed by atoms with Crippen molar-refractivity contribution in [1.82, 2.24) is 10.2 Å². The number of likely N-dealkylation sites (tertiary alicyclic amines) is 1. The van der Waals surface area contributed by atoms with Crippen LogP contribution < -0.4 is 5.32 Å². The molecule has 2 amide bonds. The van der Waals surface area contributed by atoms with E-state index in [0.717, 1.165) is 18.5 Å². The van der Waals surface area contributed by atoms with Crippen LogP contribution in [0.25, 0.3) is 0 Å². The molecule has 1 atom stereocenters. The van der Waals surface area contributed by atoms with Crippen molar-refractivity contribution in [2.75, 3.05) is 13.1 Å². The molecule has 0 aromatic heterocycles. The predicted molar refractivity (Wildman–Crippen MR) is 98.0 cm³/mol. The molecule has 1 unspecified atom stereocenters. The number of carbonyl (C=O) groups is 2. The van der Waals surface area contributed by atoms with E-state index in [2.05, 4.69) is 21.5 Å². The van der Waals surface area contributed by atoms with Gasteiger partial charge in [-0.25, -0.2) is 0 Å². The summed E-state index contributed by atoms with van der Waals surface area (Å²) >= 11 is 0. The highest BCUT2D eigenvalue weighted by Gasteiger charge is 2.39. The molecule has 3 rings (SSSR count). The third-order valence-corrected chi connectivity index (χ3v) is 4.92. The van der Waals surface area contributed by atoms with E-state index in [1.165, 1.54) is 0 Å². The fourth-order valence-electron chi connectivity index (χ4n) is 3.29. The standard InChI is InChI=1S/C20H24N4O2/c1-2-3-12-20(22-23-20)13-11-18(25)21-17(16-8-5-4-6-9-16)15-24-14-7-10-19(24)26/h1,4-6,8-9,17H,3,7,10-15H2,(H,21,25). The Morgan fingerprint density at radius 1 is 1.31 bits per heavy atom. The number of hydrogen-bond acceptors (Lipinski definition) is 4. The highest BCUT2D eigenvalue weighted by Crippen LogP contribution is 2.37.